The van der Waals surface area contributed by atoms with Gasteiger partial charge in [0.1, 0.15) is 11.6 Å². The summed E-state index contributed by atoms with van der Waals surface area (Å²) >= 11 is 2.90. The van der Waals surface area contributed by atoms with Crippen LogP contribution in [0.5, 0.6) is 0 Å². The average Bonchev–Trinajstić information content (AvgIpc) is 2.75. The Kier molecular flexibility index (Phi) is 4.90. The summed E-state index contributed by atoms with van der Waals surface area (Å²) in [5.41, 5.74) is 0.951. The van der Waals surface area contributed by atoms with Crippen LogP contribution in [0.3, 0.4) is 0 Å². The number of aromatic nitrogens is 2. The van der Waals surface area contributed by atoms with Gasteiger partial charge >= 0.3 is 0 Å². The summed E-state index contributed by atoms with van der Waals surface area (Å²) in [5.74, 6) is 0.565. The number of hydrogen-bond acceptors (Lipinski definition) is 5. The molecule has 1 aromatic carbocycles. The Labute approximate surface area is 120 Å². The maximum absolute atomic E-state index is 13.4. The normalized spacial score (nSPS) is 11.2. The van der Waals surface area contributed by atoms with Crippen LogP contribution < -0.4 is 5.32 Å². The number of halogens is 1. The molecule has 0 aliphatic rings. The van der Waals surface area contributed by atoms with Gasteiger partial charge in [0, 0.05) is 17.5 Å². The van der Waals surface area contributed by atoms with Crippen LogP contribution >= 0.6 is 23.3 Å². The van der Waals surface area contributed by atoms with Gasteiger partial charge in [0.05, 0.1) is 0 Å². The molecule has 0 saturated carbocycles. The van der Waals surface area contributed by atoms with Crippen LogP contribution in [0, 0.1) is 12.7 Å². The van der Waals surface area contributed by atoms with E-state index in [-0.39, 0.29) is 5.82 Å². The maximum Gasteiger partial charge on any atom is 0.174 e. The number of benzene rings is 1. The second kappa shape index (κ2) is 6.45. The molecule has 19 heavy (non-hydrogen) atoms. The highest BCUT2D eigenvalue weighted by Crippen LogP contribution is 2.32. The van der Waals surface area contributed by atoms with Crippen molar-refractivity contribution in [1.29, 1.82) is 0 Å². The summed E-state index contributed by atoms with van der Waals surface area (Å²) in [7, 11) is 0. The molecule has 0 aliphatic carbocycles. The molecule has 6 heteroatoms. The minimum absolute atomic E-state index is 0.210. The highest BCUT2D eigenvalue weighted by atomic mass is 32.2. The van der Waals surface area contributed by atoms with Gasteiger partial charge in [0.15, 0.2) is 4.34 Å². The van der Waals surface area contributed by atoms with Crippen LogP contribution in [0.25, 0.3) is 0 Å². The third-order valence-corrected chi connectivity index (χ3v) is 4.39. The molecular formula is C13H16FN3S2. The molecule has 0 spiro atoms. The van der Waals surface area contributed by atoms with Crippen LogP contribution in [-0.4, -0.2) is 15.4 Å². The van der Waals surface area contributed by atoms with Crippen molar-refractivity contribution in [2.75, 3.05) is 0 Å². The zero-order chi connectivity index (χ0) is 13.8. The van der Waals surface area contributed by atoms with Crippen LogP contribution in [0.15, 0.2) is 27.4 Å². The van der Waals surface area contributed by atoms with Gasteiger partial charge in [-0.25, -0.2) is 9.37 Å². The lowest BCUT2D eigenvalue weighted by atomic mass is 10.2. The Bertz CT molecular complexity index is 555. The molecule has 0 atom stereocenters. The van der Waals surface area contributed by atoms with Crippen molar-refractivity contribution in [3.63, 3.8) is 0 Å². The highest BCUT2D eigenvalue weighted by molar-refractivity contribution is 8.01. The monoisotopic (exact) mass is 297 g/mol. The van der Waals surface area contributed by atoms with E-state index < -0.39 is 0 Å². The first-order valence-electron chi connectivity index (χ1n) is 6.04. The van der Waals surface area contributed by atoms with Crippen LogP contribution in [0.1, 0.15) is 25.2 Å². The molecule has 0 unspecified atom stereocenters. The van der Waals surface area contributed by atoms with Crippen molar-refractivity contribution < 1.29 is 4.39 Å². The zero-order valence-electron chi connectivity index (χ0n) is 11.1. The van der Waals surface area contributed by atoms with E-state index in [0.717, 1.165) is 20.6 Å². The molecule has 0 radical (unpaired) electrons. The predicted octanol–water partition coefficient (Wildman–Crippen LogP) is 3.63. The third-order valence-electron chi connectivity index (χ3n) is 2.43. The van der Waals surface area contributed by atoms with Crippen LogP contribution in [0.2, 0.25) is 0 Å². The molecule has 1 N–H and O–H groups in total. The highest BCUT2D eigenvalue weighted by Gasteiger charge is 2.09. The maximum atomic E-state index is 13.4. The van der Waals surface area contributed by atoms with Gasteiger partial charge in [-0.3, -0.25) is 0 Å². The third kappa shape index (κ3) is 4.26. The van der Waals surface area contributed by atoms with Crippen molar-refractivity contribution in [2.45, 2.75) is 42.6 Å². The minimum atomic E-state index is -0.210. The van der Waals surface area contributed by atoms with Gasteiger partial charge in [-0.05, 0) is 42.2 Å². The Morgan fingerprint density at radius 2 is 2.21 bits per heavy atom. The fraction of sp³-hybridized carbons (Fsp3) is 0.385. The van der Waals surface area contributed by atoms with Gasteiger partial charge in [-0.1, -0.05) is 25.6 Å². The molecule has 0 fully saturated rings. The molecule has 3 nitrogen and oxygen atoms in total. The Balaban J connectivity index is 2.18. The van der Waals surface area contributed by atoms with Crippen LogP contribution in [-0.2, 0) is 6.54 Å². The molecule has 2 aromatic rings. The zero-order valence-corrected chi connectivity index (χ0v) is 12.7. The molecule has 0 aliphatic heterocycles. The van der Waals surface area contributed by atoms with E-state index in [1.807, 2.05) is 6.92 Å². The SMILES string of the molecule is Cc1nsc(Sc2ccc(F)cc2CNC(C)C)n1. The smallest absolute Gasteiger partial charge is 0.174 e. The molecule has 0 saturated heterocycles. The Morgan fingerprint density at radius 3 is 2.84 bits per heavy atom. The lowest BCUT2D eigenvalue weighted by molar-refractivity contribution is 0.576. The van der Waals surface area contributed by atoms with E-state index >= 15 is 0 Å². The Hall–Kier alpha value is -0.980. The molecule has 2 rings (SSSR count). The van der Waals surface area contributed by atoms with E-state index in [9.17, 15) is 4.39 Å². The van der Waals surface area contributed by atoms with Gasteiger partial charge < -0.3 is 5.32 Å². The van der Waals surface area contributed by atoms with Gasteiger partial charge in [-0.2, -0.15) is 4.37 Å². The minimum Gasteiger partial charge on any atom is -0.310 e. The van der Waals surface area contributed by atoms with Crippen molar-refractivity contribution in [3.05, 3.63) is 35.4 Å². The summed E-state index contributed by atoms with van der Waals surface area (Å²) in [6, 6.07) is 5.22. The topological polar surface area (TPSA) is 37.8 Å². The summed E-state index contributed by atoms with van der Waals surface area (Å²) in [4.78, 5) is 5.34. The first kappa shape index (κ1) is 14.4. The second-order valence-electron chi connectivity index (χ2n) is 4.50. The Morgan fingerprint density at radius 1 is 1.42 bits per heavy atom. The first-order chi connectivity index (χ1) is 9.04. The summed E-state index contributed by atoms with van der Waals surface area (Å²) in [5, 5.41) is 3.31. The molecule has 0 bridgehead atoms. The van der Waals surface area contributed by atoms with Crippen LogP contribution in [0.4, 0.5) is 4.39 Å². The van der Waals surface area contributed by atoms with E-state index in [1.54, 1.807) is 12.1 Å². The van der Waals surface area contributed by atoms with Crippen molar-refractivity contribution in [1.82, 2.24) is 14.7 Å². The molecule has 1 aromatic heterocycles. The molecule has 0 amide bonds. The van der Waals surface area contributed by atoms with Crippen molar-refractivity contribution in [2.24, 2.45) is 0 Å². The standard InChI is InChI=1S/C13H16FN3S2/c1-8(2)15-7-10-6-11(14)4-5-12(10)18-13-16-9(3)17-19-13/h4-6,8,15H,7H2,1-3H3. The van der Waals surface area contributed by atoms with E-state index in [2.05, 4.69) is 28.5 Å². The number of aryl methyl sites for hydroxylation is 1. The fourth-order valence-corrected chi connectivity index (χ4v) is 3.23. The van der Waals surface area contributed by atoms with Crippen molar-refractivity contribution >= 4 is 23.3 Å². The summed E-state index contributed by atoms with van der Waals surface area (Å²) < 4.78 is 18.4. The quantitative estimate of drug-likeness (QED) is 0.914. The lowest BCUT2D eigenvalue weighted by Gasteiger charge is -2.11. The predicted molar refractivity (Wildman–Crippen MR) is 77.1 cm³/mol. The fourth-order valence-electron chi connectivity index (χ4n) is 1.51. The summed E-state index contributed by atoms with van der Waals surface area (Å²) in [6.07, 6.45) is 0. The number of nitrogens with zero attached hydrogens (tertiary/aromatic N) is 2. The number of rotatable bonds is 5. The lowest BCUT2D eigenvalue weighted by Crippen LogP contribution is -2.22. The molecular weight excluding hydrogens is 281 g/mol. The molecule has 102 valence electrons. The van der Waals surface area contributed by atoms with E-state index in [4.69, 9.17) is 0 Å². The second-order valence-corrected chi connectivity index (χ2v) is 6.54. The van der Waals surface area contributed by atoms with Crippen molar-refractivity contribution in [3.8, 4) is 0 Å². The van der Waals surface area contributed by atoms with E-state index in [0.29, 0.717) is 12.6 Å². The average molecular weight is 297 g/mol. The van der Waals surface area contributed by atoms with Gasteiger partial charge in [0.2, 0.25) is 0 Å². The van der Waals surface area contributed by atoms with Gasteiger partial charge in [0.25, 0.3) is 0 Å². The molecule has 1 heterocycles. The first-order valence-corrected chi connectivity index (χ1v) is 7.63. The van der Waals surface area contributed by atoms with Gasteiger partial charge in [-0.15, -0.1) is 0 Å². The number of hydrogen-bond donors (Lipinski definition) is 1. The van der Waals surface area contributed by atoms with E-state index in [1.165, 1.54) is 29.4 Å². The number of nitrogens with one attached hydrogen (secondary N) is 1. The largest absolute Gasteiger partial charge is 0.310 e. The summed E-state index contributed by atoms with van der Waals surface area (Å²) in [6.45, 7) is 6.66.